The normalized spacial score (nSPS) is 26.4. The van der Waals surface area contributed by atoms with Crippen molar-refractivity contribution in [2.45, 2.75) is 82.8 Å². The van der Waals surface area contributed by atoms with Gasteiger partial charge >= 0.3 is 0 Å². The molecule has 4 N–H and O–H groups in total. The molecule has 5 heterocycles. The second-order valence-corrected chi connectivity index (χ2v) is 13.6. The van der Waals surface area contributed by atoms with Crippen molar-refractivity contribution in [2.75, 3.05) is 11.9 Å². The Bertz CT molecular complexity index is 1770. The van der Waals surface area contributed by atoms with Crippen LogP contribution in [0.1, 0.15) is 85.4 Å². The number of nitrogens with one attached hydrogen (secondary N) is 3. The number of aliphatic hydroxyl groups excluding tert-OH is 1. The van der Waals surface area contributed by atoms with E-state index in [-0.39, 0.29) is 35.6 Å². The molecule has 1 spiro atoms. The Morgan fingerprint density at radius 3 is 2.66 bits per heavy atom. The first-order valence-corrected chi connectivity index (χ1v) is 16.3. The lowest BCUT2D eigenvalue weighted by Crippen LogP contribution is -2.52. The minimum absolute atomic E-state index is 0.0585. The van der Waals surface area contributed by atoms with Crippen molar-refractivity contribution in [3.8, 4) is 5.75 Å². The third kappa shape index (κ3) is 4.80. The number of oxazole rings is 1. The molecule has 0 saturated carbocycles. The van der Waals surface area contributed by atoms with E-state index in [1.165, 1.54) is 4.90 Å². The summed E-state index contributed by atoms with van der Waals surface area (Å²) in [6.45, 7) is 7.65. The fourth-order valence-electron chi connectivity index (χ4n) is 7.33. The van der Waals surface area contributed by atoms with E-state index < -0.39 is 53.6 Å². The maximum atomic E-state index is 14.4. The summed E-state index contributed by atoms with van der Waals surface area (Å²) in [5.74, 6) is -1.18. The van der Waals surface area contributed by atoms with Crippen LogP contribution < -0.4 is 20.7 Å². The average molecular weight is 642 g/mol. The summed E-state index contributed by atoms with van der Waals surface area (Å²) >= 11 is 0. The van der Waals surface area contributed by atoms with Crippen LogP contribution in [0.3, 0.4) is 0 Å². The highest BCUT2D eigenvalue weighted by Gasteiger charge is 2.61. The van der Waals surface area contributed by atoms with Gasteiger partial charge in [-0.3, -0.25) is 14.4 Å². The third-order valence-electron chi connectivity index (χ3n) is 9.87. The summed E-state index contributed by atoms with van der Waals surface area (Å²) in [6.07, 6.45) is 0.183. The fraction of sp³-hybridized carbons (Fsp3) is 0.457. The van der Waals surface area contributed by atoms with Crippen LogP contribution in [-0.4, -0.2) is 70.0 Å². The van der Waals surface area contributed by atoms with Gasteiger partial charge in [0.15, 0.2) is 17.7 Å². The smallest absolute Gasteiger partial charge is 0.276 e. The van der Waals surface area contributed by atoms with E-state index in [0.717, 1.165) is 28.7 Å². The molecule has 4 aliphatic heterocycles. The first kappa shape index (κ1) is 30.9. The number of nitrogens with zero attached hydrogens (tertiary/aromatic N) is 2. The number of aldehydes is 1. The van der Waals surface area contributed by atoms with Crippen molar-refractivity contribution in [3.05, 3.63) is 76.5 Å². The molecule has 2 unspecified atom stereocenters. The van der Waals surface area contributed by atoms with Gasteiger partial charge in [0.1, 0.15) is 35.6 Å². The summed E-state index contributed by atoms with van der Waals surface area (Å²) in [5, 5.41) is 19.8. The maximum Gasteiger partial charge on any atom is 0.276 e. The number of carbonyl (C=O) groups excluding carboxylic acids is 4. The minimum Gasteiger partial charge on any atom is -0.469 e. The number of ether oxygens (including phenoxy) is 1. The van der Waals surface area contributed by atoms with E-state index in [4.69, 9.17) is 14.1 Å². The largest absolute Gasteiger partial charge is 0.469 e. The Hall–Kier alpha value is -4.71. The molecule has 3 aromatic rings. The van der Waals surface area contributed by atoms with Gasteiger partial charge in [-0.1, -0.05) is 58.0 Å². The lowest BCUT2D eigenvalue weighted by Gasteiger charge is -2.29. The predicted octanol–water partition coefficient (Wildman–Crippen LogP) is 2.83. The van der Waals surface area contributed by atoms with E-state index in [1.807, 2.05) is 56.3 Å². The summed E-state index contributed by atoms with van der Waals surface area (Å²) < 4.78 is 13.3. The zero-order valence-corrected chi connectivity index (χ0v) is 26.8. The molecule has 6 atom stereocenters. The van der Waals surface area contributed by atoms with Crippen molar-refractivity contribution in [1.29, 1.82) is 0 Å². The number of aliphatic hydroxyl groups is 1. The van der Waals surface area contributed by atoms with Gasteiger partial charge in [0, 0.05) is 24.2 Å². The second-order valence-electron chi connectivity index (χ2n) is 13.6. The molecule has 246 valence electrons. The number of para-hydroxylation sites is 1. The molecule has 1 saturated heterocycles. The second kappa shape index (κ2) is 11.5. The molecule has 4 bridgehead atoms. The average Bonchev–Trinajstić information content (AvgIpc) is 3.83. The molecule has 1 fully saturated rings. The van der Waals surface area contributed by atoms with Crippen molar-refractivity contribution < 1.29 is 33.4 Å². The molecule has 0 radical (unpaired) electrons. The van der Waals surface area contributed by atoms with Gasteiger partial charge in [-0.2, -0.15) is 0 Å². The fourth-order valence-corrected chi connectivity index (χ4v) is 7.33. The highest BCUT2D eigenvalue weighted by Crippen LogP contribution is 2.58. The van der Waals surface area contributed by atoms with Crippen LogP contribution in [0.15, 0.2) is 46.9 Å². The predicted molar refractivity (Wildman–Crippen MR) is 170 cm³/mol. The molecule has 12 nitrogen and oxygen atoms in total. The van der Waals surface area contributed by atoms with Crippen LogP contribution in [0.2, 0.25) is 0 Å². The first-order chi connectivity index (χ1) is 22.5. The number of hydrogen-bond acceptors (Lipinski definition) is 9. The first-order valence-electron chi connectivity index (χ1n) is 16.3. The number of rotatable bonds is 6. The molecule has 3 amide bonds. The van der Waals surface area contributed by atoms with Gasteiger partial charge in [0.25, 0.3) is 5.91 Å². The minimum atomic E-state index is -1.30. The maximum absolute atomic E-state index is 14.4. The van der Waals surface area contributed by atoms with E-state index in [9.17, 15) is 24.3 Å². The molecular weight excluding hydrogens is 602 g/mol. The van der Waals surface area contributed by atoms with E-state index in [1.54, 1.807) is 13.8 Å². The number of anilines is 1. The summed E-state index contributed by atoms with van der Waals surface area (Å²) in [4.78, 5) is 59.8. The van der Waals surface area contributed by atoms with Gasteiger partial charge in [-0.05, 0) is 47.9 Å². The molecule has 2 aromatic carbocycles. The number of likely N-dealkylation sites (tertiary alicyclic amines) is 1. The van der Waals surface area contributed by atoms with Crippen LogP contribution in [0, 0.1) is 11.8 Å². The van der Waals surface area contributed by atoms with Crippen LogP contribution in [0.4, 0.5) is 5.69 Å². The Morgan fingerprint density at radius 2 is 1.91 bits per heavy atom. The molecule has 0 aliphatic carbocycles. The Labute approximate surface area is 272 Å². The van der Waals surface area contributed by atoms with Crippen molar-refractivity contribution >= 4 is 29.7 Å². The number of benzene rings is 2. The SMILES string of the molecule is CC(C)[C@H](O)C(=O)N[C@H]1Cc2ccc3c(c2)C2(c4ccccc4NC2O3)c2oc(nc2C(=O)N2CCC[C@H]2C=O)[C@H](C(C)C)NC1=O. The zero-order valence-electron chi connectivity index (χ0n) is 26.8. The molecule has 7 rings (SSSR count). The third-order valence-corrected chi connectivity index (χ3v) is 9.87. The topological polar surface area (TPSA) is 163 Å². The van der Waals surface area contributed by atoms with Gasteiger partial charge in [-0.25, -0.2) is 4.98 Å². The van der Waals surface area contributed by atoms with E-state index in [2.05, 4.69) is 16.0 Å². The zero-order chi connectivity index (χ0) is 33.2. The van der Waals surface area contributed by atoms with Crippen LogP contribution in [-0.2, 0) is 26.2 Å². The summed E-state index contributed by atoms with van der Waals surface area (Å²) in [6, 6.07) is 10.9. The van der Waals surface area contributed by atoms with Gasteiger partial charge < -0.3 is 39.9 Å². The monoisotopic (exact) mass is 641 g/mol. The summed E-state index contributed by atoms with van der Waals surface area (Å²) in [7, 11) is 0. The van der Waals surface area contributed by atoms with Crippen molar-refractivity contribution in [1.82, 2.24) is 20.5 Å². The van der Waals surface area contributed by atoms with Crippen molar-refractivity contribution in [2.24, 2.45) is 11.8 Å². The van der Waals surface area contributed by atoms with E-state index in [0.29, 0.717) is 25.1 Å². The van der Waals surface area contributed by atoms with Gasteiger partial charge in [0.2, 0.25) is 17.7 Å². The molecule has 4 aliphatic rings. The van der Waals surface area contributed by atoms with Gasteiger partial charge in [0.05, 0.1) is 6.04 Å². The lowest BCUT2D eigenvalue weighted by molar-refractivity contribution is -0.136. The Balaban J connectivity index is 1.46. The highest BCUT2D eigenvalue weighted by molar-refractivity contribution is 5.97. The number of carbonyl (C=O) groups is 4. The number of amides is 3. The molecular formula is C35H39N5O7. The lowest BCUT2D eigenvalue weighted by atomic mass is 9.72. The van der Waals surface area contributed by atoms with Crippen LogP contribution >= 0.6 is 0 Å². The van der Waals surface area contributed by atoms with Crippen LogP contribution in [0.5, 0.6) is 5.75 Å². The highest BCUT2D eigenvalue weighted by atomic mass is 16.5. The molecule has 47 heavy (non-hydrogen) atoms. The molecule has 1 aromatic heterocycles. The number of hydrogen-bond donors (Lipinski definition) is 4. The molecule has 12 heteroatoms. The quantitative estimate of drug-likeness (QED) is 0.297. The standard InChI is InChI=1S/C35H39N5O7/c1-17(2)26-32-39-27(33(45)40-13-7-8-20(40)16-41)29(47-32)35-21-9-5-6-10-23(21)37-34(35)46-25-12-11-19(14-22(25)35)15-24(30(43)38-26)36-31(44)28(42)18(3)4/h5-6,9-12,14,16-18,20,24,26,28,34,37,42H,7-8,13,15H2,1-4H3,(H,36,44)(H,38,43)/t20-,24-,26-,28-,34?,35?/m0/s1. The number of fused-ring (bicyclic) bond motifs is 4. The van der Waals surface area contributed by atoms with E-state index >= 15 is 0 Å². The Kier molecular flexibility index (Phi) is 7.58. The van der Waals surface area contributed by atoms with Gasteiger partial charge in [-0.15, -0.1) is 0 Å². The van der Waals surface area contributed by atoms with Crippen molar-refractivity contribution in [3.63, 3.8) is 0 Å². The Morgan fingerprint density at radius 1 is 1.13 bits per heavy atom. The van der Waals surface area contributed by atoms with Crippen LogP contribution in [0.25, 0.3) is 0 Å². The number of aromatic nitrogens is 1. The summed E-state index contributed by atoms with van der Waals surface area (Å²) in [5.41, 5.74) is 2.00.